The molecule has 2 bridgehead atoms. The Morgan fingerprint density at radius 1 is 0.882 bits per heavy atom. The van der Waals surface area contributed by atoms with Crippen molar-refractivity contribution in [1.29, 1.82) is 0 Å². The van der Waals surface area contributed by atoms with Gasteiger partial charge in [-0.3, -0.25) is 0 Å². The van der Waals surface area contributed by atoms with Crippen LogP contribution in [0.5, 0.6) is 0 Å². The fourth-order valence-corrected chi connectivity index (χ4v) is 4.05. The lowest BCUT2D eigenvalue weighted by Crippen LogP contribution is -2.65. The number of fused-ring (bicyclic) bond motifs is 5. The molecule has 0 saturated heterocycles. The van der Waals surface area contributed by atoms with E-state index in [4.69, 9.17) is 0 Å². The van der Waals surface area contributed by atoms with Gasteiger partial charge in [0.15, 0.2) is 5.41 Å². The molecule has 0 aromatic carbocycles. The first-order valence-corrected chi connectivity index (χ1v) is 5.50. The quantitative estimate of drug-likeness (QED) is 0.455. The van der Waals surface area contributed by atoms with Crippen LogP contribution in [-0.2, 0) is 0 Å². The zero-order valence-electron chi connectivity index (χ0n) is 8.65. The maximum atomic E-state index is 12.9. The molecule has 3 rings (SSSR count). The van der Waals surface area contributed by atoms with Gasteiger partial charge in [0.25, 0.3) is 0 Å². The standard InChI is InChI=1S/C11H10F6/c12-10(13,14)9(11(15,16)17)4-7-5-1-2-6(3-5)8(7)9/h1-2,5-8H,3-4H2/t5-,6+,7+,8-/m1/s1. The van der Waals surface area contributed by atoms with Crippen LogP contribution in [0.3, 0.4) is 0 Å². The highest BCUT2D eigenvalue weighted by molar-refractivity contribution is 5.25. The fraction of sp³-hybridized carbons (Fsp3) is 0.818. The second-order valence-electron chi connectivity index (χ2n) is 5.31. The largest absolute Gasteiger partial charge is 0.403 e. The van der Waals surface area contributed by atoms with E-state index in [1.54, 1.807) is 6.08 Å². The Kier molecular flexibility index (Phi) is 1.90. The van der Waals surface area contributed by atoms with Crippen molar-refractivity contribution < 1.29 is 26.3 Å². The first-order valence-electron chi connectivity index (χ1n) is 5.50. The predicted octanol–water partition coefficient (Wildman–Crippen LogP) is 3.94. The molecule has 17 heavy (non-hydrogen) atoms. The van der Waals surface area contributed by atoms with Gasteiger partial charge in [-0.05, 0) is 36.5 Å². The first-order chi connectivity index (χ1) is 7.68. The first kappa shape index (κ1) is 11.4. The van der Waals surface area contributed by atoms with Crippen molar-refractivity contribution in [2.75, 3.05) is 0 Å². The lowest BCUT2D eigenvalue weighted by Gasteiger charge is -2.56. The molecule has 6 heteroatoms. The summed E-state index contributed by atoms with van der Waals surface area (Å²) in [6, 6.07) is 0. The van der Waals surface area contributed by atoms with Crippen LogP contribution in [0, 0.1) is 29.1 Å². The molecule has 0 N–H and O–H groups in total. The number of halogens is 6. The SMILES string of the molecule is FC(F)(F)C1(C(F)(F)F)C[C@@H]2[C@H]1[C@H]1C=C[C@@H]2C1. The van der Waals surface area contributed by atoms with Gasteiger partial charge in [0.05, 0.1) is 0 Å². The number of rotatable bonds is 0. The summed E-state index contributed by atoms with van der Waals surface area (Å²) in [6.45, 7) is 0. The highest BCUT2D eigenvalue weighted by Gasteiger charge is 2.83. The molecule has 0 spiro atoms. The Bertz CT molecular complexity index is 362. The summed E-state index contributed by atoms with van der Waals surface area (Å²) in [5.74, 6) is -2.31. The van der Waals surface area contributed by atoms with Gasteiger partial charge < -0.3 is 0 Å². The molecule has 0 amide bonds. The van der Waals surface area contributed by atoms with Crippen LogP contribution in [0.4, 0.5) is 26.3 Å². The molecule has 96 valence electrons. The smallest absolute Gasteiger partial charge is 0.170 e. The van der Waals surface area contributed by atoms with Crippen LogP contribution in [0.1, 0.15) is 12.8 Å². The van der Waals surface area contributed by atoms with Crippen molar-refractivity contribution in [2.24, 2.45) is 29.1 Å². The molecule has 0 unspecified atom stereocenters. The topological polar surface area (TPSA) is 0 Å². The van der Waals surface area contributed by atoms with Gasteiger partial charge in [-0.1, -0.05) is 12.2 Å². The number of allylic oxidation sites excluding steroid dienone is 2. The Morgan fingerprint density at radius 3 is 1.88 bits per heavy atom. The van der Waals surface area contributed by atoms with Crippen LogP contribution in [-0.4, -0.2) is 12.4 Å². The fourth-order valence-electron chi connectivity index (χ4n) is 4.05. The van der Waals surface area contributed by atoms with Crippen molar-refractivity contribution in [2.45, 2.75) is 25.2 Å². The summed E-state index contributed by atoms with van der Waals surface area (Å²) < 4.78 is 77.2. The monoisotopic (exact) mass is 256 g/mol. The summed E-state index contributed by atoms with van der Waals surface area (Å²) in [5, 5.41) is 0. The van der Waals surface area contributed by atoms with Gasteiger partial charge in [-0.25, -0.2) is 0 Å². The van der Waals surface area contributed by atoms with E-state index in [1.807, 2.05) is 0 Å². The van der Waals surface area contributed by atoms with E-state index in [-0.39, 0.29) is 5.92 Å². The third kappa shape index (κ3) is 1.12. The van der Waals surface area contributed by atoms with Crippen molar-refractivity contribution in [3.05, 3.63) is 12.2 Å². The zero-order valence-corrected chi connectivity index (χ0v) is 8.65. The van der Waals surface area contributed by atoms with Crippen LogP contribution in [0.15, 0.2) is 12.2 Å². The summed E-state index contributed by atoms with van der Waals surface area (Å²) >= 11 is 0. The minimum atomic E-state index is -5.19. The lowest BCUT2D eigenvalue weighted by molar-refractivity contribution is -0.400. The summed E-state index contributed by atoms with van der Waals surface area (Å²) in [4.78, 5) is 0. The molecule has 4 atom stereocenters. The van der Waals surface area contributed by atoms with Crippen LogP contribution in [0.2, 0.25) is 0 Å². The van der Waals surface area contributed by atoms with Crippen LogP contribution >= 0.6 is 0 Å². The van der Waals surface area contributed by atoms with Crippen LogP contribution in [0.25, 0.3) is 0 Å². The van der Waals surface area contributed by atoms with Gasteiger partial charge >= 0.3 is 12.4 Å². The average Bonchev–Trinajstić information content (AvgIpc) is 2.53. The molecule has 0 aromatic rings. The maximum Gasteiger partial charge on any atom is 0.403 e. The van der Waals surface area contributed by atoms with Gasteiger partial charge in [0.2, 0.25) is 0 Å². The van der Waals surface area contributed by atoms with Crippen LogP contribution < -0.4 is 0 Å². The minimum Gasteiger partial charge on any atom is -0.170 e. The zero-order chi connectivity index (χ0) is 12.6. The Balaban J connectivity index is 2.03. The highest BCUT2D eigenvalue weighted by atomic mass is 19.4. The van der Waals surface area contributed by atoms with Crippen molar-refractivity contribution in [3.8, 4) is 0 Å². The summed E-state index contributed by atoms with van der Waals surface area (Å²) in [5.41, 5.74) is -3.45. The van der Waals surface area contributed by atoms with E-state index in [1.165, 1.54) is 6.08 Å². The summed E-state index contributed by atoms with van der Waals surface area (Å²) in [6.07, 6.45) is -7.38. The Labute approximate surface area is 93.7 Å². The van der Waals surface area contributed by atoms with Gasteiger partial charge in [-0.15, -0.1) is 0 Å². The number of hydrogen-bond donors (Lipinski definition) is 0. The minimum absolute atomic E-state index is 0.0668. The second kappa shape index (κ2) is 2.83. The Morgan fingerprint density at radius 2 is 1.41 bits per heavy atom. The number of hydrogen-bond acceptors (Lipinski definition) is 0. The molecule has 0 aromatic heterocycles. The average molecular weight is 256 g/mol. The van der Waals surface area contributed by atoms with E-state index in [9.17, 15) is 26.3 Å². The molecule has 3 aliphatic rings. The molecule has 2 saturated carbocycles. The summed E-state index contributed by atoms with van der Waals surface area (Å²) in [7, 11) is 0. The van der Waals surface area contributed by atoms with Gasteiger partial charge in [-0.2, -0.15) is 26.3 Å². The molecular formula is C11H10F6. The Hall–Kier alpha value is -0.680. The van der Waals surface area contributed by atoms with E-state index < -0.39 is 41.9 Å². The maximum absolute atomic E-state index is 12.9. The molecule has 0 heterocycles. The molecule has 3 aliphatic carbocycles. The third-order valence-electron chi connectivity index (χ3n) is 4.76. The van der Waals surface area contributed by atoms with Crippen molar-refractivity contribution in [3.63, 3.8) is 0 Å². The van der Waals surface area contributed by atoms with Crippen molar-refractivity contribution >= 4 is 0 Å². The number of alkyl halides is 6. The van der Waals surface area contributed by atoms with E-state index >= 15 is 0 Å². The second-order valence-corrected chi connectivity index (χ2v) is 5.31. The van der Waals surface area contributed by atoms with Gasteiger partial charge in [0, 0.05) is 0 Å². The molecule has 0 nitrogen and oxygen atoms in total. The molecule has 2 fully saturated rings. The highest BCUT2D eigenvalue weighted by Crippen LogP contribution is 2.75. The molecule has 0 aliphatic heterocycles. The van der Waals surface area contributed by atoms with Crippen molar-refractivity contribution in [1.82, 2.24) is 0 Å². The van der Waals surface area contributed by atoms with E-state index in [2.05, 4.69) is 0 Å². The lowest BCUT2D eigenvalue weighted by atomic mass is 9.49. The third-order valence-corrected chi connectivity index (χ3v) is 4.76. The van der Waals surface area contributed by atoms with E-state index in [0.29, 0.717) is 6.42 Å². The van der Waals surface area contributed by atoms with Gasteiger partial charge in [0.1, 0.15) is 0 Å². The molecular weight excluding hydrogens is 246 g/mol. The molecule has 0 radical (unpaired) electrons. The normalized spacial score (nSPS) is 42.5. The predicted molar refractivity (Wildman–Crippen MR) is 46.9 cm³/mol. The van der Waals surface area contributed by atoms with E-state index in [0.717, 1.165) is 0 Å².